The Balaban J connectivity index is 1.42. The van der Waals surface area contributed by atoms with E-state index in [1.165, 1.54) is 6.42 Å². The molecule has 37 heavy (non-hydrogen) atoms. The van der Waals surface area contributed by atoms with Crippen LogP contribution < -0.4 is 5.73 Å². The Bertz CT molecular complexity index is 1360. The minimum absolute atomic E-state index is 0.00589. The first kappa shape index (κ1) is 25.7. The van der Waals surface area contributed by atoms with Crippen LogP contribution in [0.15, 0.2) is 57.9 Å². The summed E-state index contributed by atoms with van der Waals surface area (Å²) in [4.78, 5) is 20.0. The van der Waals surface area contributed by atoms with Gasteiger partial charge in [0, 0.05) is 43.7 Å². The van der Waals surface area contributed by atoms with Crippen molar-refractivity contribution in [1.82, 2.24) is 9.21 Å². The summed E-state index contributed by atoms with van der Waals surface area (Å²) in [5.41, 5.74) is 10.3. The topological polar surface area (TPSA) is 96.1 Å². The summed E-state index contributed by atoms with van der Waals surface area (Å²) in [5.74, 6) is 0.397. The van der Waals surface area contributed by atoms with Crippen molar-refractivity contribution in [2.75, 3.05) is 26.2 Å². The van der Waals surface area contributed by atoms with Gasteiger partial charge in [0.15, 0.2) is 0 Å². The summed E-state index contributed by atoms with van der Waals surface area (Å²) in [6, 6.07) is 12.9. The van der Waals surface area contributed by atoms with Gasteiger partial charge < -0.3 is 10.6 Å². The summed E-state index contributed by atoms with van der Waals surface area (Å²) >= 11 is 0. The Kier molecular flexibility index (Phi) is 6.98. The first-order chi connectivity index (χ1) is 17.7. The number of amidine groups is 1. The van der Waals surface area contributed by atoms with E-state index in [1.54, 1.807) is 22.5 Å². The van der Waals surface area contributed by atoms with E-state index in [9.17, 15) is 13.2 Å². The lowest BCUT2D eigenvalue weighted by atomic mass is 9.65. The molecular formula is C29H36N4O3S. The van der Waals surface area contributed by atoms with E-state index in [2.05, 4.69) is 18.8 Å². The number of carbonyl (C=O) groups excluding carboxylic acids is 1. The molecule has 196 valence electrons. The van der Waals surface area contributed by atoms with Gasteiger partial charge >= 0.3 is 0 Å². The molecule has 2 N–H and O–H groups in total. The Morgan fingerprint density at radius 2 is 1.76 bits per heavy atom. The molecule has 0 aromatic heterocycles. The van der Waals surface area contributed by atoms with E-state index in [4.69, 9.17) is 5.73 Å². The van der Waals surface area contributed by atoms with Crippen molar-refractivity contribution in [2.45, 2.75) is 57.3 Å². The molecule has 0 bridgehead atoms. The molecule has 2 aromatic rings. The van der Waals surface area contributed by atoms with Crippen molar-refractivity contribution >= 4 is 33.5 Å². The van der Waals surface area contributed by atoms with Crippen LogP contribution in [0.4, 0.5) is 5.69 Å². The molecule has 0 atom stereocenters. The molecule has 3 aliphatic rings. The van der Waals surface area contributed by atoms with Gasteiger partial charge in [-0.05, 0) is 66.5 Å². The zero-order chi connectivity index (χ0) is 26.2. The van der Waals surface area contributed by atoms with Crippen molar-refractivity contribution in [3.8, 4) is 11.1 Å². The average Bonchev–Trinajstić information content (AvgIpc) is 2.99. The lowest BCUT2D eigenvalue weighted by molar-refractivity contribution is -0.127. The van der Waals surface area contributed by atoms with Crippen LogP contribution in [-0.4, -0.2) is 55.5 Å². The summed E-state index contributed by atoms with van der Waals surface area (Å²) in [6.07, 6.45) is 7.47. The van der Waals surface area contributed by atoms with Crippen molar-refractivity contribution < 1.29 is 13.2 Å². The van der Waals surface area contributed by atoms with Crippen molar-refractivity contribution in [2.24, 2.45) is 16.1 Å². The summed E-state index contributed by atoms with van der Waals surface area (Å²) in [7, 11) is -3.51. The Morgan fingerprint density at radius 3 is 2.41 bits per heavy atom. The predicted octanol–water partition coefficient (Wildman–Crippen LogP) is 4.95. The molecule has 1 amide bonds. The quantitative estimate of drug-likeness (QED) is 0.533. The van der Waals surface area contributed by atoms with Crippen LogP contribution in [-0.2, 0) is 14.8 Å². The third-order valence-electron chi connectivity index (χ3n) is 7.79. The van der Waals surface area contributed by atoms with Crippen molar-refractivity contribution in [3.63, 3.8) is 0 Å². The van der Waals surface area contributed by atoms with Crippen LogP contribution in [0.5, 0.6) is 0 Å². The largest absolute Gasteiger partial charge is 0.387 e. The third kappa shape index (κ3) is 4.97. The number of nitrogens with two attached hydrogens (primary N) is 1. The normalized spacial score (nSPS) is 18.6. The first-order valence-electron chi connectivity index (χ1n) is 13.3. The van der Waals surface area contributed by atoms with Crippen molar-refractivity contribution in [1.29, 1.82) is 0 Å². The molecule has 1 saturated heterocycles. The van der Waals surface area contributed by atoms with Gasteiger partial charge in [0.25, 0.3) is 0 Å². The van der Waals surface area contributed by atoms with Gasteiger partial charge in [0.2, 0.25) is 15.9 Å². The fraction of sp³-hybridized carbons (Fsp3) is 0.448. The molecule has 2 aromatic carbocycles. The highest BCUT2D eigenvalue weighted by Crippen LogP contribution is 2.49. The standard InChI is InChI=1S/C29H36N4O3S/c1-3-13-32(14-4-2)28(34)24-15-23-10-9-22(17-26(23)31-27(30)18-24)21-7-5-8-25(16-21)37(35,36)33-19-29(20-33)11-6-12-29/h5,7-10,15-17H,3-4,6,11-14,18-20H2,1-2H3,(H2,30,31). The van der Waals surface area contributed by atoms with Crippen LogP contribution in [0.25, 0.3) is 17.2 Å². The Hall–Kier alpha value is -2.97. The lowest BCUT2D eigenvalue weighted by Gasteiger charge is -2.54. The van der Waals surface area contributed by atoms with Crippen molar-refractivity contribution in [3.05, 3.63) is 53.6 Å². The minimum Gasteiger partial charge on any atom is -0.387 e. The van der Waals surface area contributed by atoms with Crippen LogP contribution in [0.3, 0.4) is 0 Å². The molecular weight excluding hydrogens is 484 g/mol. The van der Waals surface area contributed by atoms with Crippen LogP contribution in [0.2, 0.25) is 0 Å². The van der Waals surface area contributed by atoms with E-state index in [0.29, 0.717) is 54.6 Å². The monoisotopic (exact) mass is 520 g/mol. The molecule has 2 heterocycles. The number of sulfonamides is 1. The smallest absolute Gasteiger partial charge is 0.250 e. The first-order valence-corrected chi connectivity index (χ1v) is 14.8. The van der Waals surface area contributed by atoms with Gasteiger partial charge in [-0.2, -0.15) is 4.31 Å². The van der Waals surface area contributed by atoms with Crippen LogP contribution in [0, 0.1) is 5.41 Å². The second-order valence-corrected chi connectivity index (χ2v) is 12.6. The molecule has 5 rings (SSSR count). The maximum Gasteiger partial charge on any atom is 0.250 e. The molecule has 1 aliphatic carbocycles. The zero-order valence-electron chi connectivity index (χ0n) is 21.7. The SMILES string of the molecule is CCCN(CCC)C(=O)C1=Cc2ccc(-c3cccc(S(=O)(=O)N4CC5(CCC5)C4)c3)cc2N=C(N)C1. The maximum atomic E-state index is 13.2. The number of rotatable bonds is 8. The average molecular weight is 521 g/mol. The number of hydrogen-bond donors (Lipinski definition) is 1. The number of carbonyl (C=O) groups is 1. The number of fused-ring (bicyclic) bond motifs is 1. The highest BCUT2D eigenvalue weighted by atomic mass is 32.2. The van der Waals surface area contributed by atoms with Gasteiger partial charge in [-0.25, -0.2) is 13.4 Å². The number of nitrogens with zero attached hydrogens (tertiary/aromatic N) is 3. The van der Waals surface area contributed by atoms with Gasteiger partial charge in [-0.15, -0.1) is 0 Å². The van der Waals surface area contributed by atoms with Crippen LogP contribution >= 0.6 is 0 Å². The number of aliphatic imine (C=N–C) groups is 1. The second kappa shape index (κ2) is 10.1. The van der Waals surface area contributed by atoms with E-state index in [1.807, 2.05) is 35.2 Å². The molecule has 8 heteroatoms. The fourth-order valence-electron chi connectivity index (χ4n) is 5.62. The molecule has 0 radical (unpaired) electrons. The van der Waals surface area contributed by atoms with E-state index < -0.39 is 10.0 Å². The predicted molar refractivity (Wildman–Crippen MR) is 148 cm³/mol. The van der Waals surface area contributed by atoms with Crippen LogP contribution in [0.1, 0.15) is 57.9 Å². The minimum atomic E-state index is -3.51. The maximum absolute atomic E-state index is 13.2. The Labute approximate surface area is 220 Å². The molecule has 2 aliphatic heterocycles. The number of hydrogen-bond acceptors (Lipinski definition) is 5. The van der Waals surface area contributed by atoms with E-state index in [0.717, 1.165) is 42.4 Å². The van der Waals surface area contributed by atoms with Gasteiger partial charge in [0.05, 0.1) is 10.6 Å². The molecule has 1 saturated carbocycles. The number of amides is 1. The molecule has 2 fully saturated rings. The molecule has 7 nitrogen and oxygen atoms in total. The highest BCUT2D eigenvalue weighted by Gasteiger charge is 2.51. The van der Waals surface area contributed by atoms with Gasteiger partial charge in [0.1, 0.15) is 5.84 Å². The summed E-state index contributed by atoms with van der Waals surface area (Å²) in [5, 5.41) is 0. The zero-order valence-corrected chi connectivity index (χ0v) is 22.6. The second-order valence-electron chi connectivity index (χ2n) is 10.7. The highest BCUT2D eigenvalue weighted by molar-refractivity contribution is 7.89. The molecule has 0 unspecified atom stereocenters. The van der Waals surface area contributed by atoms with E-state index >= 15 is 0 Å². The fourth-order valence-corrected chi connectivity index (χ4v) is 7.33. The van der Waals surface area contributed by atoms with E-state index in [-0.39, 0.29) is 11.3 Å². The summed E-state index contributed by atoms with van der Waals surface area (Å²) < 4.78 is 28.1. The lowest BCUT2D eigenvalue weighted by Crippen LogP contribution is -2.61. The number of benzene rings is 2. The molecule has 1 spiro atoms. The van der Waals surface area contributed by atoms with Gasteiger partial charge in [-0.1, -0.05) is 44.5 Å². The van der Waals surface area contributed by atoms with Gasteiger partial charge in [-0.3, -0.25) is 4.79 Å². The summed E-state index contributed by atoms with van der Waals surface area (Å²) in [6.45, 7) is 6.83. The third-order valence-corrected chi connectivity index (χ3v) is 9.58. The Morgan fingerprint density at radius 1 is 1.05 bits per heavy atom.